The van der Waals surface area contributed by atoms with Crippen molar-refractivity contribution in [1.29, 1.82) is 0 Å². The van der Waals surface area contributed by atoms with Crippen molar-refractivity contribution in [2.24, 2.45) is 5.92 Å². The van der Waals surface area contributed by atoms with Gasteiger partial charge in [0.1, 0.15) is 29.3 Å². The number of methoxy groups -OCH3 is 1. The molecule has 1 unspecified atom stereocenters. The summed E-state index contributed by atoms with van der Waals surface area (Å²) in [5.74, 6) is -4.10. The third kappa shape index (κ3) is 4.76. The van der Waals surface area contributed by atoms with Crippen molar-refractivity contribution in [3.63, 3.8) is 0 Å². The summed E-state index contributed by atoms with van der Waals surface area (Å²) in [6, 6.07) is 2.74. The molecule has 1 heterocycles. The van der Waals surface area contributed by atoms with Crippen molar-refractivity contribution >= 4 is 17.8 Å². The molecule has 0 saturated heterocycles. The third-order valence-electron chi connectivity index (χ3n) is 4.55. The number of phenols is 1. The maximum absolute atomic E-state index is 14.1. The summed E-state index contributed by atoms with van der Waals surface area (Å²) in [5.41, 5.74) is 0.136. The van der Waals surface area contributed by atoms with Crippen LogP contribution in [0.15, 0.2) is 30.1 Å². The Balaban J connectivity index is 2.54. The van der Waals surface area contributed by atoms with Crippen LogP contribution in [0.25, 0.3) is 6.08 Å². The van der Waals surface area contributed by atoms with E-state index >= 15 is 0 Å². The molecule has 3 N–H and O–H groups in total. The number of ether oxygens (including phenoxy) is 2. The molecule has 0 aromatic heterocycles. The fourth-order valence-corrected chi connectivity index (χ4v) is 2.66. The molecule has 4 atom stereocenters. The van der Waals surface area contributed by atoms with E-state index in [4.69, 9.17) is 9.47 Å². The molecule has 152 valence electrons. The van der Waals surface area contributed by atoms with Crippen LogP contribution in [-0.2, 0) is 9.53 Å². The smallest absolute Gasteiger partial charge is 0.342 e. The fourth-order valence-electron chi connectivity index (χ4n) is 2.66. The molecule has 0 fully saturated rings. The Bertz CT molecular complexity index is 815. The molecule has 0 radical (unpaired) electrons. The predicted molar refractivity (Wildman–Crippen MR) is 98.6 cm³/mol. The van der Waals surface area contributed by atoms with Gasteiger partial charge in [-0.25, -0.2) is 9.18 Å². The molecule has 2 rings (SSSR count). The molecule has 1 aliphatic heterocycles. The summed E-state index contributed by atoms with van der Waals surface area (Å²) >= 11 is 0. The van der Waals surface area contributed by atoms with Gasteiger partial charge in [0.15, 0.2) is 5.83 Å². The highest BCUT2D eigenvalue weighted by Gasteiger charge is 2.29. The summed E-state index contributed by atoms with van der Waals surface area (Å²) in [5, 5.41) is 30.1. The van der Waals surface area contributed by atoms with Gasteiger partial charge in [-0.2, -0.15) is 0 Å². The van der Waals surface area contributed by atoms with E-state index in [0.29, 0.717) is 0 Å². The van der Waals surface area contributed by atoms with Gasteiger partial charge in [0.2, 0.25) is 5.78 Å². The monoisotopic (exact) mass is 394 g/mol. The van der Waals surface area contributed by atoms with Crippen molar-refractivity contribution < 1.29 is 38.8 Å². The zero-order valence-corrected chi connectivity index (χ0v) is 15.8. The van der Waals surface area contributed by atoms with E-state index in [-0.39, 0.29) is 29.0 Å². The van der Waals surface area contributed by atoms with E-state index in [1.165, 1.54) is 45.2 Å². The zero-order chi connectivity index (χ0) is 21.0. The first-order chi connectivity index (χ1) is 13.1. The first kappa shape index (κ1) is 21.6. The predicted octanol–water partition coefficient (Wildman–Crippen LogP) is 2.14. The molecule has 1 aliphatic rings. The van der Waals surface area contributed by atoms with Gasteiger partial charge in [-0.3, -0.25) is 4.79 Å². The lowest BCUT2D eigenvalue weighted by molar-refractivity contribution is -0.130. The standard InChI is InChI=1S/C20H23FO7/c1-10-7-14(21)18(24)19(25)15(22)6-4-5-12-8-13(27-3)9-16(23)17(12)20(26)28-11(10)2/h4-5,7-11,15,19,22-23,25H,6H2,1-3H3/b5-4+,14-7+/t10?,11-,15-,19-/m0/s1. The summed E-state index contributed by atoms with van der Waals surface area (Å²) in [6.45, 7) is 3.03. The molecule has 8 heteroatoms. The number of aliphatic hydroxyl groups is 2. The largest absolute Gasteiger partial charge is 0.507 e. The second kappa shape index (κ2) is 8.99. The summed E-state index contributed by atoms with van der Waals surface area (Å²) in [4.78, 5) is 24.5. The van der Waals surface area contributed by atoms with Gasteiger partial charge in [0.25, 0.3) is 0 Å². The van der Waals surface area contributed by atoms with Crippen LogP contribution >= 0.6 is 0 Å². The molecule has 0 spiro atoms. The lowest BCUT2D eigenvalue weighted by Crippen LogP contribution is -2.34. The van der Waals surface area contributed by atoms with E-state index in [9.17, 15) is 29.3 Å². The van der Waals surface area contributed by atoms with Crippen LogP contribution in [0.5, 0.6) is 11.5 Å². The number of carbonyl (C=O) groups excluding carboxylic acids is 2. The van der Waals surface area contributed by atoms with Crippen LogP contribution in [0.4, 0.5) is 4.39 Å². The van der Waals surface area contributed by atoms with Crippen molar-refractivity contribution in [1.82, 2.24) is 0 Å². The molecule has 7 nitrogen and oxygen atoms in total. The number of rotatable bonds is 1. The van der Waals surface area contributed by atoms with E-state index in [0.717, 1.165) is 6.08 Å². The maximum atomic E-state index is 14.1. The Morgan fingerprint density at radius 2 is 1.89 bits per heavy atom. The average molecular weight is 394 g/mol. The SMILES string of the molecule is COc1cc(O)c2c(c1)/C=C/C[C@H](O)[C@H](O)C(=O)/C(F)=C\C(C)[C@H](C)OC2=O. The number of ketones is 1. The van der Waals surface area contributed by atoms with Gasteiger partial charge in [-0.1, -0.05) is 19.1 Å². The number of fused-ring (bicyclic) bond motifs is 1. The highest BCUT2D eigenvalue weighted by atomic mass is 19.1. The maximum Gasteiger partial charge on any atom is 0.342 e. The van der Waals surface area contributed by atoms with Crippen molar-refractivity contribution in [3.8, 4) is 11.5 Å². The Labute approximate surface area is 161 Å². The molecule has 28 heavy (non-hydrogen) atoms. The highest BCUT2D eigenvalue weighted by molar-refractivity contribution is 5.98. The number of carbonyl (C=O) groups is 2. The number of aromatic hydroxyl groups is 1. The van der Waals surface area contributed by atoms with Gasteiger partial charge in [0, 0.05) is 12.0 Å². The highest BCUT2D eigenvalue weighted by Crippen LogP contribution is 2.31. The number of cyclic esters (lactones) is 1. The van der Waals surface area contributed by atoms with Crippen LogP contribution in [-0.4, -0.2) is 52.5 Å². The Morgan fingerprint density at radius 1 is 1.21 bits per heavy atom. The van der Waals surface area contributed by atoms with Crippen molar-refractivity contribution in [2.45, 2.75) is 38.6 Å². The lowest BCUT2D eigenvalue weighted by Gasteiger charge is -2.20. The van der Waals surface area contributed by atoms with Crippen LogP contribution in [0.1, 0.15) is 36.2 Å². The quantitative estimate of drug-likeness (QED) is 0.626. The van der Waals surface area contributed by atoms with Crippen LogP contribution in [0, 0.1) is 5.92 Å². The van der Waals surface area contributed by atoms with Crippen LogP contribution in [0.3, 0.4) is 0 Å². The number of hydrogen-bond donors (Lipinski definition) is 3. The first-order valence-electron chi connectivity index (χ1n) is 8.71. The van der Waals surface area contributed by atoms with Gasteiger partial charge in [0.05, 0.1) is 13.2 Å². The van der Waals surface area contributed by atoms with Gasteiger partial charge >= 0.3 is 5.97 Å². The minimum absolute atomic E-state index is 0.122. The number of halogens is 1. The van der Waals surface area contributed by atoms with Crippen molar-refractivity contribution in [2.75, 3.05) is 7.11 Å². The number of hydrogen-bond acceptors (Lipinski definition) is 7. The molecule has 1 aromatic carbocycles. The molecule has 0 bridgehead atoms. The first-order valence-corrected chi connectivity index (χ1v) is 8.71. The summed E-state index contributed by atoms with van der Waals surface area (Å²) < 4.78 is 24.5. The number of benzene rings is 1. The van der Waals surface area contributed by atoms with E-state index in [1.54, 1.807) is 0 Å². The van der Waals surface area contributed by atoms with E-state index in [1.807, 2.05) is 0 Å². The third-order valence-corrected chi connectivity index (χ3v) is 4.55. The molecule has 1 aromatic rings. The van der Waals surface area contributed by atoms with Crippen LogP contribution < -0.4 is 4.74 Å². The van der Waals surface area contributed by atoms with E-state index in [2.05, 4.69) is 0 Å². The number of phenolic OH excluding ortho intramolecular Hbond substituents is 1. The summed E-state index contributed by atoms with van der Waals surface area (Å²) in [6.07, 6.45) is -0.808. The average Bonchev–Trinajstić information content (AvgIpc) is 2.65. The van der Waals surface area contributed by atoms with E-state index < -0.39 is 41.8 Å². The van der Waals surface area contributed by atoms with Gasteiger partial charge in [-0.15, -0.1) is 0 Å². The Kier molecular flexibility index (Phi) is 6.93. The molecular formula is C20H23FO7. The molecule has 0 aliphatic carbocycles. The van der Waals surface area contributed by atoms with Crippen LogP contribution in [0.2, 0.25) is 0 Å². The molecular weight excluding hydrogens is 371 g/mol. The normalized spacial score (nSPS) is 29.7. The number of Topliss-reactive ketones (excluding diaryl/α,β-unsaturated/α-hetero) is 1. The number of esters is 1. The summed E-state index contributed by atoms with van der Waals surface area (Å²) in [7, 11) is 1.39. The van der Waals surface area contributed by atoms with Gasteiger partial charge in [-0.05, 0) is 31.1 Å². The second-order valence-electron chi connectivity index (χ2n) is 6.61. The fraction of sp³-hybridized carbons (Fsp3) is 0.400. The van der Waals surface area contributed by atoms with Crippen molar-refractivity contribution in [3.05, 3.63) is 41.2 Å². The minimum atomic E-state index is -1.94. The van der Waals surface area contributed by atoms with Gasteiger partial charge < -0.3 is 24.8 Å². The Hall–Kier alpha value is -2.71. The zero-order valence-electron chi connectivity index (χ0n) is 15.8. The Morgan fingerprint density at radius 3 is 2.54 bits per heavy atom. The number of aliphatic hydroxyl groups excluding tert-OH is 2. The lowest BCUT2D eigenvalue weighted by atomic mass is 9.99. The molecule has 0 amide bonds. The second-order valence-corrected chi connectivity index (χ2v) is 6.61. The topological polar surface area (TPSA) is 113 Å². The molecule has 0 saturated carbocycles. The minimum Gasteiger partial charge on any atom is -0.507 e.